The molecule has 1 unspecified atom stereocenters. The average molecular weight is 550 g/mol. The molecule has 0 bridgehead atoms. The van der Waals surface area contributed by atoms with Gasteiger partial charge in [-0.3, -0.25) is 14.6 Å². The minimum Gasteiger partial charge on any atom is -0.343 e. The summed E-state index contributed by atoms with van der Waals surface area (Å²) in [7, 11) is 0. The standard InChI is InChI=1S/C23H19ClF3N7O2S/c1-4-30-17(14-7-28-11-29-8-14)5-12(2)20(35)33-13(3)22-32-10-18(37-22)21(36)34-19-6-15(23(25,26)27)16(24)9-31-19/h4-11,13H,1H2,2-3H3,(H,33,35)(H,31,34,36)/b12-5+,30-17+. The predicted molar refractivity (Wildman–Crippen MR) is 133 cm³/mol. The van der Waals surface area contributed by atoms with Crippen LogP contribution in [0.5, 0.6) is 0 Å². The maximum Gasteiger partial charge on any atom is 0.418 e. The number of hydrogen-bond acceptors (Lipinski definition) is 8. The van der Waals surface area contributed by atoms with Crippen molar-refractivity contribution in [3.8, 4) is 0 Å². The summed E-state index contributed by atoms with van der Waals surface area (Å²) >= 11 is 6.52. The molecular weight excluding hydrogens is 531 g/mol. The molecule has 37 heavy (non-hydrogen) atoms. The molecule has 14 heteroatoms. The lowest BCUT2D eigenvalue weighted by molar-refractivity contribution is -0.137. The van der Waals surface area contributed by atoms with Crippen LogP contribution >= 0.6 is 22.9 Å². The lowest BCUT2D eigenvalue weighted by Crippen LogP contribution is -2.27. The second kappa shape index (κ2) is 11.8. The number of carbonyl (C=O) groups excluding carboxylic acids is 2. The van der Waals surface area contributed by atoms with E-state index in [-0.39, 0.29) is 10.7 Å². The van der Waals surface area contributed by atoms with E-state index in [0.717, 1.165) is 17.5 Å². The third-order valence-electron chi connectivity index (χ3n) is 4.67. The van der Waals surface area contributed by atoms with E-state index in [4.69, 9.17) is 11.6 Å². The molecule has 0 fully saturated rings. The minimum atomic E-state index is -4.70. The molecule has 0 aliphatic carbocycles. The Bertz CT molecular complexity index is 1370. The lowest BCUT2D eigenvalue weighted by atomic mass is 10.1. The van der Waals surface area contributed by atoms with Crippen LogP contribution in [-0.2, 0) is 11.0 Å². The Morgan fingerprint density at radius 1 is 1.19 bits per heavy atom. The van der Waals surface area contributed by atoms with Crippen LogP contribution in [0.25, 0.3) is 0 Å². The van der Waals surface area contributed by atoms with Crippen LogP contribution in [-0.4, -0.2) is 37.5 Å². The zero-order chi connectivity index (χ0) is 27.2. The van der Waals surface area contributed by atoms with E-state index in [1.54, 1.807) is 32.3 Å². The number of pyridine rings is 1. The van der Waals surface area contributed by atoms with Crippen molar-refractivity contribution in [3.05, 3.63) is 87.6 Å². The van der Waals surface area contributed by atoms with Gasteiger partial charge in [0.1, 0.15) is 22.0 Å². The molecule has 9 nitrogen and oxygen atoms in total. The van der Waals surface area contributed by atoms with E-state index < -0.39 is 34.6 Å². The first kappa shape index (κ1) is 27.6. The van der Waals surface area contributed by atoms with E-state index in [0.29, 0.717) is 27.9 Å². The van der Waals surface area contributed by atoms with Crippen molar-refractivity contribution >= 4 is 46.3 Å². The average Bonchev–Trinajstić information content (AvgIpc) is 3.35. The smallest absolute Gasteiger partial charge is 0.343 e. The predicted octanol–water partition coefficient (Wildman–Crippen LogP) is 5.01. The summed E-state index contributed by atoms with van der Waals surface area (Å²) in [6, 6.07) is 0.0683. The number of halogens is 4. The van der Waals surface area contributed by atoms with Gasteiger partial charge in [-0.15, -0.1) is 11.3 Å². The Morgan fingerprint density at radius 2 is 1.89 bits per heavy atom. The number of nitrogens with zero attached hydrogens (tertiary/aromatic N) is 5. The first-order chi connectivity index (χ1) is 17.5. The Morgan fingerprint density at radius 3 is 2.54 bits per heavy atom. The fraction of sp³-hybridized carbons (Fsp3) is 0.174. The van der Waals surface area contributed by atoms with Gasteiger partial charge in [0, 0.05) is 35.9 Å². The molecule has 0 radical (unpaired) electrons. The van der Waals surface area contributed by atoms with Gasteiger partial charge in [0.25, 0.3) is 5.91 Å². The highest BCUT2D eigenvalue weighted by molar-refractivity contribution is 7.13. The van der Waals surface area contributed by atoms with E-state index >= 15 is 0 Å². The van der Waals surface area contributed by atoms with Crippen LogP contribution in [0.15, 0.2) is 66.6 Å². The number of aliphatic imine (C=N–C) groups is 1. The van der Waals surface area contributed by atoms with Crippen molar-refractivity contribution in [1.29, 1.82) is 0 Å². The molecule has 3 aromatic rings. The number of hydrogen-bond donors (Lipinski definition) is 2. The van der Waals surface area contributed by atoms with Gasteiger partial charge in [0.15, 0.2) is 0 Å². The first-order valence-corrected chi connectivity index (χ1v) is 11.6. The normalized spacial score (nSPS) is 13.1. The molecule has 0 spiro atoms. The molecule has 192 valence electrons. The zero-order valence-corrected chi connectivity index (χ0v) is 20.9. The van der Waals surface area contributed by atoms with Crippen molar-refractivity contribution in [1.82, 2.24) is 25.3 Å². The van der Waals surface area contributed by atoms with Gasteiger partial charge in [-0.25, -0.2) is 19.9 Å². The molecule has 0 aliphatic heterocycles. The summed E-state index contributed by atoms with van der Waals surface area (Å²) in [5.41, 5.74) is 0.245. The Hall–Kier alpha value is -3.97. The molecule has 3 aromatic heterocycles. The van der Waals surface area contributed by atoms with Crippen LogP contribution in [0.3, 0.4) is 0 Å². The van der Waals surface area contributed by atoms with E-state index in [9.17, 15) is 22.8 Å². The number of anilines is 1. The molecule has 3 rings (SSSR count). The molecule has 2 N–H and O–H groups in total. The van der Waals surface area contributed by atoms with Gasteiger partial charge >= 0.3 is 6.18 Å². The number of nitrogens with one attached hydrogen (secondary N) is 2. The van der Waals surface area contributed by atoms with E-state index in [1.807, 2.05) is 0 Å². The molecule has 1 atom stereocenters. The van der Waals surface area contributed by atoms with Gasteiger partial charge in [0.05, 0.1) is 28.5 Å². The fourth-order valence-electron chi connectivity index (χ4n) is 2.86. The number of carbonyl (C=O) groups is 2. The third kappa shape index (κ3) is 7.27. The Kier molecular flexibility index (Phi) is 8.84. The van der Waals surface area contributed by atoms with Crippen molar-refractivity contribution in [2.24, 2.45) is 4.99 Å². The summed E-state index contributed by atoms with van der Waals surface area (Å²) in [5.74, 6) is -1.44. The van der Waals surface area contributed by atoms with E-state index in [1.165, 1.54) is 18.7 Å². The van der Waals surface area contributed by atoms with Crippen molar-refractivity contribution in [2.45, 2.75) is 26.1 Å². The lowest BCUT2D eigenvalue weighted by Gasteiger charge is -2.12. The maximum atomic E-state index is 13.0. The second-order valence-electron chi connectivity index (χ2n) is 7.41. The Labute approximate surface area is 218 Å². The number of aromatic nitrogens is 4. The van der Waals surface area contributed by atoms with Gasteiger partial charge in [-0.1, -0.05) is 18.2 Å². The number of allylic oxidation sites excluding steroid dienone is 1. The van der Waals surface area contributed by atoms with Crippen LogP contribution in [0.4, 0.5) is 19.0 Å². The number of alkyl halides is 3. The number of amides is 2. The van der Waals surface area contributed by atoms with Gasteiger partial charge in [-0.05, 0) is 26.0 Å². The largest absolute Gasteiger partial charge is 0.418 e. The first-order valence-electron chi connectivity index (χ1n) is 10.4. The molecule has 0 saturated carbocycles. The maximum absolute atomic E-state index is 13.0. The van der Waals surface area contributed by atoms with Crippen molar-refractivity contribution < 1.29 is 22.8 Å². The zero-order valence-electron chi connectivity index (χ0n) is 19.4. The van der Waals surface area contributed by atoms with Crippen molar-refractivity contribution in [3.63, 3.8) is 0 Å². The molecule has 2 amide bonds. The van der Waals surface area contributed by atoms with Gasteiger partial charge in [-0.2, -0.15) is 13.2 Å². The SMILES string of the molecule is C=C/N=C(\C=C(/C)C(=O)NC(C)c1ncc(C(=O)Nc2cc(C(F)(F)F)c(Cl)cn2)s1)c1cncnc1. The van der Waals surface area contributed by atoms with Crippen LogP contribution < -0.4 is 10.6 Å². The van der Waals surface area contributed by atoms with Crippen LogP contribution in [0.1, 0.15) is 45.7 Å². The van der Waals surface area contributed by atoms with Gasteiger partial charge < -0.3 is 10.6 Å². The third-order valence-corrected chi connectivity index (χ3v) is 6.15. The molecule has 3 heterocycles. The highest BCUT2D eigenvalue weighted by Gasteiger charge is 2.34. The second-order valence-corrected chi connectivity index (χ2v) is 8.88. The highest BCUT2D eigenvalue weighted by Crippen LogP contribution is 2.35. The van der Waals surface area contributed by atoms with E-state index in [2.05, 4.69) is 42.1 Å². The minimum absolute atomic E-state index is 0.109. The quantitative estimate of drug-likeness (QED) is 0.301. The summed E-state index contributed by atoms with van der Waals surface area (Å²) in [6.07, 6.45) is 4.71. The Balaban J connectivity index is 1.68. The topological polar surface area (TPSA) is 122 Å². The monoisotopic (exact) mass is 549 g/mol. The molecular formula is C23H19ClF3N7O2S. The fourth-order valence-corrected chi connectivity index (χ4v) is 3.89. The highest BCUT2D eigenvalue weighted by atomic mass is 35.5. The summed E-state index contributed by atoms with van der Waals surface area (Å²) in [6.45, 7) is 6.84. The molecule has 0 aliphatic rings. The van der Waals surface area contributed by atoms with Crippen LogP contribution in [0, 0.1) is 0 Å². The van der Waals surface area contributed by atoms with Crippen LogP contribution in [0.2, 0.25) is 5.02 Å². The summed E-state index contributed by atoms with van der Waals surface area (Å²) < 4.78 is 39.1. The molecule has 0 saturated heterocycles. The van der Waals surface area contributed by atoms with Crippen molar-refractivity contribution in [2.75, 3.05) is 5.32 Å². The molecule has 0 aromatic carbocycles. The summed E-state index contributed by atoms with van der Waals surface area (Å²) in [4.78, 5) is 45.2. The summed E-state index contributed by atoms with van der Waals surface area (Å²) in [5, 5.41) is 4.89. The number of thiazole rings is 1. The number of rotatable bonds is 8. The van der Waals surface area contributed by atoms with Gasteiger partial charge in [0.2, 0.25) is 5.91 Å².